The van der Waals surface area contributed by atoms with Gasteiger partial charge in [0.15, 0.2) is 0 Å². The van der Waals surface area contributed by atoms with Crippen molar-refractivity contribution < 1.29 is 4.79 Å². The maximum atomic E-state index is 12.6. The van der Waals surface area contributed by atoms with Gasteiger partial charge < -0.3 is 5.32 Å². The van der Waals surface area contributed by atoms with Crippen molar-refractivity contribution in [2.45, 2.75) is 58.9 Å². The smallest absolute Gasteiger partial charge is 0.241 e. The number of hydrogen-bond donors (Lipinski definition) is 1. The zero-order valence-corrected chi connectivity index (χ0v) is 13.6. The second-order valence-corrected chi connectivity index (χ2v) is 6.21. The molecule has 1 aliphatic rings. The van der Waals surface area contributed by atoms with Gasteiger partial charge in [-0.25, -0.2) is 0 Å². The van der Waals surface area contributed by atoms with Crippen molar-refractivity contribution in [3.63, 3.8) is 0 Å². The summed E-state index contributed by atoms with van der Waals surface area (Å²) >= 11 is 0. The van der Waals surface area contributed by atoms with Crippen LogP contribution in [0.1, 0.15) is 50.2 Å². The van der Waals surface area contributed by atoms with Gasteiger partial charge >= 0.3 is 0 Å². The van der Waals surface area contributed by atoms with Gasteiger partial charge in [-0.1, -0.05) is 37.5 Å². The van der Waals surface area contributed by atoms with Crippen LogP contribution in [0.25, 0.3) is 0 Å². The number of piperidine rings is 1. The van der Waals surface area contributed by atoms with Gasteiger partial charge in [0.05, 0.1) is 6.04 Å². The Labute approximate surface area is 128 Å². The molecule has 0 spiro atoms. The topological polar surface area (TPSA) is 32.3 Å². The number of rotatable bonds is 5. The minimum atomic E-state index is 0.0472. The van der Waals surface area contributed by atoms with Gasteiger partial charge in [0.2, 0.25) is 5.91 Å². The zero-order valence-electron chi connectivity index (χ0n) is 13.6. The predicted molar refractivity (Wildman–Crippen MR) is 88.7 cm³/mol. The zero-order chi connectivity index (χ0) is 15.2. The summed E-state index contributed by atoms with van der Waals surface area (Å²) in [6.45, 7) is 8.44. The minimum Gasteiger partial charge on any atom is -0.324 e. The van der Waals surface area contributed by atoms with E-state index in [9.17, 15) is 4.79 Å². The maximum absolute atomic E-state index is 12.6. The van der Waals surface area contributed by atoms with Gasteiger partial charge in [0, 0.05) is 5.69 Å². The Hall–Kier alpha value is -1.35. The Balaban J connectivity index is 2.03. The van der Waals surface area contributed by atoms with E-state index in [4.69, 9.17) is 0 Å². The highest BCUT2D eigenvalue weighted by molar-refractivity contribution is 5.95. The van der Waals surface area contributed by atoms with E-state index >= 15 is 0 Å². The Morgan fingerprint density at radius 3 is 2.86 bits per heavy atom. The van der Waals surface area contributed by atoms with Gasteiger partial charge in [-0.05, 0) is 57.8 Å². The van der Waals surface area contributed by atoms with Crippen LogP contribution in [0.3, 0.4) is 0 Å². The number of nitrogens with zero attached hydrogens (tertiary/aromatic N) is 1. The van der Waals surface area contributed by atoms with E-state index in [1.807, 2.05) is 6.07 Å². The Morgan fingerprint density at radius 2 is 2.14 bits per heavy atom. The number of carbonyl (C=O) groups is 1. The van der Waals surface area contributed by atoms with Crippen molar-refractivity contribution >= 4 is 11.6 Å². The van der Waals surface area contributed by atoms with Gasteiger partial charge in [-0.2, -0.15) is 0 Å². The SMILES string of the molecule is CCCCN1CCCCC1C(=O)Nc1ccc(C)cc1C. The summed E-state index contributed by atoms with van der Waals surface area (Å²) in [6.07, 6.45) is 5.72. The molecule has 1 unspecified atom stereocenters. The summed E-state index contributed by atoms with van der Waals surface area (Å²) in [5.74, 6) is 0.165. The first-order valence-electron chi connectivity index (χ1n) is 8.24. The summed E-state index contributed by atoms with van der Waals surface area (Å²) in [7, 11) is 0. The molecule has 1 aromatic carbocycles. The summed E-state index contributed by atoms with van der Waals surface area (Å²) in [6, 6.07) is 6.23. The maximum Gasteiger partial charge on any atom is 0.241 e. The average molecular weight is 288 g/mol. The van der Waals surface area contributed by atoms with E-state index in [0.29, 0.717) is 0 Å². The van der Waals surface area contributed by atoms with Crippen molar-refractivity contribution in [3.8, 4) is 0 Å². The largest absolute Gasteiger partial charge is 0.324 e. The molecular weight excluding hydrogens is 260 g/mol. The number of likely N-dealkylation sites (tertiary alicyclic amines) is 1. The molecule has 1 aromatic rings. The summed E-state index contributed by atoms with van der Waals surface area (Å²) in [5.41, 5.74) is 3.32. The van der Waals surface area contributed by atoms with Crippen LogP contribution < -0.4 is 5.32 Å². The minimum absolute atomic E-state index is 0.0472. The van der Waals surface area contributed by atoms with Gasteiger partial charge in [-0.3, -0.25) is 9.69 Å². The number of nitrogens with one attached hydrogen (secondary N) is 1. The third-order valence-corrected chi connectivity index (χ3v) is 4.35. The molecule has 3 nitrogen and oxygen atoms in total. The third kappa shape index (κ3) is 4.31. The highest BCUT2D eigenvalue weighted by Crippen LogP contribution is 2.21. The molecule has 0 saturated carbocycles. The molecule has 0 aromatic heterocycles. The van der Waals surface area contributed by atoms with E-state index in [1.54, 1.807) is 0 Å². The van der Waals surface area contributed by atoms with E-state index in [2.05, 4.69) is 43.1 Å². The molecule has 0 radical (unpaired) electrons. The lowest BCUT2D eigenvalue weighted by atomic mass is 10.0. The average Bonchev–Trinajstić information content (AvgIpc) is 2.48. The number of aryl methyl sites for hydroxylation is 2. The number of unbranched alkanes of at least 4 members (excludes halogenated alkanes) is 1. The van der Waals surface area contributed by atoms with Gasteiger partial charge in [0.25, 0.3) is 0 Å². The van der Waals surface area contributed by atoms with Crippen LogP contribution >= 0.6 is 0 Å². The molecule has 1 heterocycles. The fraction of sp³-hybridized carbons (Fsp3) is 0.611. The quantitative estimate of drug-likeness (QED) is 0.891. The normalized spacial score (nSPS) is 19.5. The first kappa shape index (κ1) is 16.0. The van der Waals surface area contributed by atoms with Crippen LogP contribution in [-0.4, -0.2) is 29.9 Å². The molecule has 3 heteroatoms. The van der Waals surface area contributed by atoms with Crippen molar-refractivity contribution in [3.05, 3.63) is 29.3 Å². The van der Waals surface area contributed by atoms with Crippen molar-refractivity contribution in [2.75, 3.05) is 18.4 Å². The molecule has 1 fully saturated rings. The molecule has 1 amide bonds. The molecule has 1 saturated heterocycles. The second kappa shape index (κ2) is 7.60. The van der Waals surface area contributed by atoms with Crippen molar-refractivity contribution in [1.29, 1.82) is 0 Å². The monoisotopic (exact) mass is 288 g/mol. The van der Waals surface area contributed by atoms with Crippen LogP contribution in [-0.2, 0) is 4.79 Å². The molecule has 0 aliphatic carbocycles. The first-order chi connectivity index (χ1) is 10.1. The number of carbonyl (C=O) groups excluding carboxylic acids is 1. The highest BCUT2D eigenvalue weighted by atomic mass is 16.2. The lowest BCUT2D eigenvalue weighted by Crippen LogP contribution is -2.47. The molecule has 21 heavy (non-hydrogen) atoms. The lowest BCUT2D eigenvalue weighted by molar-refractivity contribution is -0.122. The van der Waals surface area contributed by atoms with Crippen LogP contribution in [0.5, 0.6) is 0 Å². The number of benzene rings is 1. The molecule has 1 atom stereocenters. The third-order valence-electron chi connectivity index (χ3n) is 4.35. The Morgan fingerprint density at radius 1 is 1.33 bits per heavy atom. The fourth-order valence-corrected chi connectivity index (χ4v) is 3.09. The van der Waals surface area contributed by atoms with Gasteiger partial charge in [-0.15, -0.1) is 0 Å². The summed E-state index contributed by atoms with van der Waals surface area (Å²) in [5, 5.41) is 3.13. The van der Waals surface area contributed by atoms with Crippen LogP contribution in [0.15, 0.2) is 18.2 Å². The van der Waals surface area contributed by atoms with Crippen LogP contribution in [0.4, 0.5) is 5.69 Å². The molecule has 116 valence electrons. The van der Waals surface area contributed by atoms with Gasteiger partial charge in [0.1, 0.15) is 0 Å². The van der Waals surface area contributed by atoms with Crippen molar-refractivity contribution in [1.82, 2.24) is 4.90 Å². The van der Waals surface area contributed by atoms with E-state index in [0.717, 1.165) is 37.2 Å². The van der Waals surface area contributed by atoms with Crippen LogP contribution in [0.2, 0.25) is 0 Å². The molecule has 1 aliphatic heterocycles. The highest BCUT2D eigenvalue weighted by Gasteiger charge is 2.28. The summed E-state index contributed by atoms with van der Waals surface area (Å²) < 4.78 is 0. The second-order valence-electron chi connectivity index (χ2n) is 6.21. The Kier molecular flexibility index (Phi) is 5.80. The molecule has 0 bridgehead atoms. The van der Waals surface area contributed by atoms with E-state index in [-0.39, 0.29) is 11.9 Å². The first-order valence-corrected chi connectivity index (χ1v) is 8.24. The summed E-state index contributed by atoms with van der Waals surface area (Å²) in [4.78, 5) is 15.0. The molecule has 2 rings (SSSR count). The van der Waals surface area contributed by atoms with Crippen LogP contribution in [0, 0.1) is 13.8 Å². The number of anilines is 1. The van der Waals surface area contributed by atoms with E-state index < -0.39 is 0 Å². The number of amides is 1. The number of hydrogen-bond acceptors (Lipinski definition) is 2. The van der Waals surface area contributed by atoms with Crippen molar-refractivity contribution in [2.24, 2.45) is 0 Å². The predicted octanol–water partition coefficient (Wildman–Crippen LogP) is 3.90. The molecule has 1 N–H and O–H groups in total. The van der Waals surface area contributed by atoms with E-state index in [1.165, 1.54) is 24.8 Å². The lowest BCUT2D eigenvalue weighted by Gasteiger charge is -2.34. The molecular formula is C18H28N2O. The standard InChI is InChI=1S/C18H28N2O/c1-4-5-11-20-12-7-6-8-17(20)18(21)19-16-10-9-14(2)13-15(16)3/h9-10,13,17H,4-8,11-12H2,1-3H3,(H,19,21). The fourth-order valence-electron chi connectivity index (χ4n) is 3.09. The Bertz CT molecular complexity index is 484.